The number of ether oxygens (including phenoxy) is 1. The van der Waals surface area contributed by atoms with E-state index >= 15 is 0 Å². The van der Waals surface area contributed by atoms with E-state index in [0.717, 1.165) is 0 Å². The van der Waals surface area contributed by atoms with E-state index < -0.39 is 11.9 Å². The molecule has 0 saturated heterocycles. The van der Waals surface area contributed by atoms with Crippen LogP contribution in [0.1, 0.15) is 29.2 Å². The highest BCUT2D eigenvalue weighted by atomic mass is 19.3. The second kappa shape index (κ2) is 5.19. The highest BCUT2D eigenvalue weighted by Crippen LogP contribution is 2.47. The number of hydrogen-bond donors (Lipinski definition) is 0. The van der Waals surface area contributed by atoms with Crippen LogP contribution in [0.25, 0.3) is 11.3 Å². The second-order valence-corrected chi connectivity index (χ2v) is 5.44. The molecule has 0 unspecified atom stereocenters. The van der Waals surface area contributed by atoms with Gasteiger partial charge in [-0.1, -0.05) is 0 Å². The van der Waals surface area contributed by atoms with Gasteiger partial charge >= 0.3 is 5.97 Å². The number of carbonyl (C=O) groups excluding carboxylic acids is 1. The lowest BCUT2D eigenvalue weighted by atomic mass is 9.87. The summed E-state index contributed by atoms with van der Waals surface area (Å²) in [6.07, 6.45) is 0.984. The van der Waals surface area contributed by atoms with Gasteiger partial charge in [-0.3, -0.25) is 0 Å². The van der Waals surface area contributed by atoms with Gasteiger partial charge in [-0.05, 0) is 35.9 Å². The van der Waals surface area contributed by atoms with Crippen LogP contribution in [-0.4, -0.2) is 23.6 Å². The van der Waals surface area contributed by atoms with Crippen molar-refractivity contribution in [1.29, 1.82) is 0 Å². The molecular weight excluding hydrogens is 295 g/mol. The zero-order valence-corrected chi connectivity index (χ0v) is 11.9. The molecule has 0 aliphatic heterocycles. The minimum atomic E-state index is -2.67. The number of esters is 1. The van der Waals surface area contributed by atoms with Gasteiger partial charge < -0.3 is 9.30 Å². The molecule has 1 aliphatic rings. The summed E-state index contributed by atoms with van der Waals surface area (Å²) in [4.78, 5) is 11.7. The van der Waals surface area contributed by atoms with Crippen LogP contribution in [0.3, 0.4) is 0 Å². The molecule has 3 rings (SSSR count). The normalized spacial score (nSPS) is 17.1. The Kier molecular flexibility index (Phi) is 3.47. The molecule has 116 valence electrons. The largest absolute Gasteiger partial charge is 0.465 e. The van der Waals surface area contributed by atoms with Crippen molar-refractivity contribution >= 4 is 5.97 Å². The van der Waals surface area contributed by atoms with Crippen LogP contribution in [0, 0.1) is 5.82 Å². The van der Waals surface area contributed by atoms with Crippen molar-refractivity contribution < 1.29 is 22.7 Å². The summed E-state index contributed by atoms with van der Waals surface area (Å²) in [5.74, 6) is -3.58. The number of halogens is 3. The zero-order chi connectivity index (χ0) is 15.9. The van der Waals surface area contributed by atoms with Gasteiger partial charge in [0, 0.05) is 30.8 Å². The zero-order valence-electron chi connectivity index (χ0n) is 11.9. The highest BCUT2D eigenvalue weighted by molar-refractivity contribution is 5.91. The summed E-state index contributed by atoms with van der Waals surface area (Å²) < 4.78 is 45.6. The van der Waals surface area contributed by atoms with Crippen molar-refractivity contribution in [3.63, 3.8) is 0 Å². The Morgan fingerprint density at radius 2 is 1.91 bits per heavy atom. The third-order valence-electron chi connectivity index (χ3n) is 3.87. The van der Waals surface area contributed by atoms with Gasteiger partial charge in [0.05, 0.1) is 12.7 Å². The van der Waals surface area contributed by atoms with E-state index in [2.05, 4.69) is 4.74 Å². The first-order valence-corrected chi connectivity index (χ1v) is 6.83. The molecule has 1 fully saturated rings. The predicted molar refractivity (Wildman–Crippen MR) is 74.4 cm³/mol. The molecule has 0 radical (unpaired) electrons. The SMILES string of the molecule is COC(=O)c1cc(-c2ccc(F)cc2)n(C2CC(F)(F)C2)c1. The first-order valence-electron chi connectivity index (χ1n) is 6.83. The lowest BCUT2D eigenvalue weighted by Gasteiger charge is -2.37. The maximum Gasteiger partial charge on any atom is 0.339 e. The maximum atomic E-state index is 13.1. The van der Waals surface area contributed by atoms with E-state index in [1.807, 2.05) is 0 Å². The Morgan fingerprint density at radius 1 is 1.27 bits per heavy atom. The lowest BCUT2D eigenvalue weighted by molar-refractivity contribution is -0.103. The second-order valence-electron chi connectivity index (χ2n) is 5.44. The van der Waals surface area contributed by atoms with Gasteiger partial charge in [-0.2, -0.15) is 0 Å². The summed E-state index contributed by atoms with van der Waals surface area (Å²) in [6, 6.07) is 6.89. The molecule has 0 amide bonds. The predicted octanol–water partition coefficient (Wildman–Crippen LogP) is 4.05. The molecular formula is C16H14F3NO2. The monoisotopic (exact) mass is 309 g/mol. The summed E-state index contributed by atoms with van der Waals surface area (Å²) in [6.45, 7) is 0. The number of nitrogens with zero attached hydrogens (tertiary/aromatic N) is 1. The number of alkyl halides is 2. The van der Waals surface area contributed by atoms with Crippen molar-refractivity contribution in [1.82, 2.24) is 4.57 Å². The third kappa shape index (κ3) is 2.61. The number of hydrogen-bond acceptors (Lipinski definition) is 2. The minimum Gasteiger partial charge on any atom is -0.465 e. The van der Waals surface area contributed by atoms with Gasteiger partial charge in [0.1, 0.15) is 5.82 Å². The molecule has 1 aromatic heterocycles. The van der Waals surface area contributed by atoms with Gasteiger partial charge in [0.15, 0.2) is 0 Å². The fourth-order valence-corrected chi connectivity index (χ4v) is 2.69. The van der Waals surface area contributed by atoms with Crippen molar-refractivity contribution in [3.05, 3.63) is 47.9 Å². The van der Waals surface area contributed by atoms with Gasteiger partial charge in [-0.25, -0.2) is 18.0 Å². The third-order valence-corrected chi connectivity index (χ3v) is 3.87. The fraction of sp³-hybridized carbons (Fsp3) is 0.312. The molecule has 0 atom stereocenters. The van der Waals surface area contributed by atoms with Crippen LogP contribution in [0.4, 0.5) is 13.2 Å². The topological polar surface area (TPSA) is 31.2 Å². The molecule has 1 heterocycles. The first kappa shape index (κ1) is 14.7. The Labute approximate surface area is 125 Å². The Hall–Kier alpha value is -2.24. The summed E-state index contributed by atoms with van der Waals surface area (Å²) in [5, 5.41) is 0. The molecule has 2 aromatic rings. The molecule has 1 aromatic carbocycles. The van der Waals surface area contributed by atoms with E-state index in [1.54, 1.807) is 22.8 Å². The quantitative estimate of drug-likeness (QED) is 0.801. The van der Waals surface area contributed by atoms with Crippen LogP contribution < -0.4 is 0 Å². The summed E-state index contributed by atoms with van der Waals surface area (Å²) in [5.41, 5.74) is 1.55. The van der Waals surface area contributed by atoms with E-state index in [9.17, 15) is 18.0 Å². The van der Waals surface area contributed by atoms with Crippen molar-refractivity contribution in [2.24, 2.45) is 0 Å². The van der Waals surface area contributed by atoms with Crippen LogP contribution in [-0.2, 0) is 4.74 Å². The molecule has 3 nitrogen and oxygen atoms in total. The fourth-order valence-electron chi connectivity index (χ4n) is 2.69. The van der Waals surface area contributed by atoms with Gasteiger partial charge in [0.25, 0.3) is 5.92 Å². The van der Waals surface area contributed by atoms with Crippen molar-refractivity contribution in [2.75, 3.05) is 7.11 Å². The molecule has 0 bridgehead atoms. The Balaban J connectivity index is 2.01. The van der Waals surface area contributed by atoms with Crippen LogP contribution >= 0.6 is 0 Å². The number of benzene rings is 1. The standard InChI is InChI=1S/C16H14F3NO2/c1-22-15(21)11-6-14(10-2-4-12(17)5-3-10)20(9-11)13-7-16(18,19)8-13/h2-6,9,13H,7-8H2,1H3. The number of rotatable bonds is 3. The average molecular weight is 309 g/mol. The Bertz CT molecular complexity index is 699. The summed E-state index contributed by atoms with van der Waals surface area (Å²) >= 11 is 0. The van der Waals surface area contributed by atoms with Gasteiger partial charge in [-0.15, -0.1) is 0 Å². The highest BCUT2D eigenvalue weighted by Gasteiger charge is 2.46. The maximum absolute atomic E-state index is 13.1. The molecule has 22 heavy (non-hydrogen) atoms. The van der Waals surface area contributed by atoms with E-state index in [4.69, 9.17) is 0 Å². The molecule has 1 saturated carbocycles. The Morgan fingerprint density at radius 3 is 2.45 bits per heavy atom. The average Bonchev–Trinajstić information content (AvgIpc) is 2.89. The smallest absolute Gasteiger partial charge is 0.339 e. The van der Waals surface area contributed by atoms with E-state index in [-0.39, 0.29) is 30.3 Å². The molecule has 0 spiro atoms. The van der Waals surface area contributed by atoms with Gasteiger partial charge in [0.2, 0.25) is 0 Å². The number of aromatic nitrogens is 1. The van der Waals surface area contributed by atoms with E-state index in [0.29, 0.717) is 11.3 Å². The van der Waals surface area contributed by atoms with Crippen LogP contribution in [0.15, 0.2) is 36.5 Å². The molecule has 6 heteroatoms. The minimum absolute atomic E-state index is 0.267. The molecule has 0 N–H and O–H groups in total. The number of methoxy groups -OCH3 is 1. The molecule has 1 aliphatic carbocycles. The summed E-state index contributed by atoms with van der Waals surface area (Å²) in [7, 11) is 1.26. The number of carbonyl (C=O) groups is 1. The van der Waals surface area contributed by atoms with Crippen LogP contribution in [0.5, 0.6) is 0 Å². The van der Waals surface area contributed by atoms with Crippen LogP contribution in [0.2, 0.25) is 0 Å². The lowest BCUT2D eigenvalue weighted by Crippen LogP contribution is -2.37. The van der Waals surface area contributed by atoms with E-state index in [1.165, 1.54) is 25.4 Å². The van der Waals surface area contributed by atoms with Crippen molar-refractivity contribution in [2.45, 2.75) is 24.8 Å². The van der Waals surface area contributed by atoms with Crippen molar-refractivity contribution in [3.8, 4) is 11.3 Å². The first-order chi connectivity index (χ1) is 10.4.